The predicted molar refractivity (Wildman–Crippen MR) is 104 cm³/mol. The van der Waals surface area contributed by atoms with Gasteiger partial charge >= 0.3 is 0 Å². The maximum atomic E-state index is 12.8. The Morgan fingerprint density at radius 1 is 0.963 bits per heavy atom. The smallest absolute Gasteiger partial charge is 0.265 e. The summed E-state index contributed by atoms with van der Waals surface area (Å²) >= 11 is 1.36. The number of benzene rings is 2. The number of rotatable bonds is 7. The summed E-state index contributed by atoms with van der Waals surface area (Å²) in [5, 5.41) is 7.38. The van der Waals surface area contributed by atoms with E-state index in [0.717, 1.165) is 0 Å². The van der Waals surface area contributed by atoms with Crippen molar-refractivity contribution in [2.24, 2.45) is 0 Å². The highest BCUT2D eigenvalue weighted by atomic mass is 32.1. The molecule has 138 valence electrons. The van der Waals surface area contributed by atoms with Crippen LogP contribution in [0.4, 0.5) is 15.8 Å². The Labute approximate surface area is 159 Å². The van der Waals surface area contributed by atoms with Crippen molar-refractivity contribution in [2.75, 3.05) is 17.2 Å². The van der Waals surface area contributed by atoms with Crippen LogP contribution in [0, 0.1) is 5.82 Å². The molecule has 0 bridgehead atoms. The minimum absolute atomic E-state index is 0.142. The number of ether oxygens (including phenoxy) is 1. The van der Waals surface area contributed by atoms with Gasteiger partial charge in [0, 0.05) is 11.4 Å². The molecule has 1 heterocycles. The molecule has 27 heavy (non-hydrogen) atoms. The summed E-state index contributed by atoms with van der Waals surface area (Å²) in [6, 6.07) is 16.1. The summed E-state index contributed by atoms with van der Waals surface area (Å²) in [6.45, 7) is 0.173. The van der Waals surface area contributed by atoms with Crippen molar-refractivity contribution < 1.29 is 18.7 Å². The average molecular weight is 384 g/mol. The number of anilines is 2. The van der Waals surface area contributed by atoms with Crippen LogP contribution in [0.5, 0.6) is 5.75 Å². The van der Waals surface area contributed by atoms with E-state index in [-0.39, 0.29) is 30.7 Å². The van der Waals surface area contributed by atoms with Gasteiger partial charge in [0.15, 0.2) is 0 Å². The third-order valence-corrected chi connectivity index (χ3v) is 4.43. The third kappa shape index (κ3) is 5.65. The minimum Gasteiger partial charge on any atom is -0.493 e. The number of amides is 2. The SMILES string of the molecule is O=C(CCOc1ccc(F)cc1)Nc1cccc(NC(=O)c2cccs2)c1. The first-order chi connectivity index (χ1) is 13.1. The molecule has 2 amide bonds. The lowest BCUT2D eigenvalue weighted by Gasteiger charge is -2.09. The number of hydrogen-bond donors (Lipinski definition) is 2. The Bertz CT molecular complexity index is 911. The molecule has 3 rings (SSSR count). The lowest BCUT2D eigenvalue weighted by molar-refractivity contribution is -0.116. The normalized spacial score (nSPS) is 10.3. The molecule has 0 fully saturated rings. The first-order valence-corrected chi connectivity index (χ1v) is 9.11. The van der Waals surface area contributed by atoms with Gasteiger partial charge in [-0.2, -0.15) is 0 Å². The van der Waals surface area contributed by atoms with E-state index in [0.29, 0.717) is 22.0 Å². The summed E-state index contributed by atoms with van der Waals surface area (Å²) in [5.74, 6) is -0.256. The number of thiophene rings is 1. The molecule has 1 aromatic heterocycles. The molecule has 0 unspecified atom stereocenters. The molecular weight excluding hydrogens is 367 g/mol. The first kappa shape index (κ1) is 18.6. The second-order valence-electron chi connectivity index (χ2n) is 5.61. The van der Waals surface area contributed by atoms with Gasteiger partial charge in [0.05, 0.1) is 17.9 Å². The summed E-state index contributed by atoms with van der Waals surface area (Å²) in [7, 11) is 0. The van der Waals surface area contributed by atoms with Gasteiger partial charge in [-0.15, -0.1) is 11.3 Å². The van der Waals surface area contributed by atoms with Gasteiger partial charge < -0.3 is 15.4 Å². The van der Waals surface area contributed by atoms with E-state index in [2.05, 4.69) is 10.6 Å². The Balaban J connectivity index is 1.49. The van der Waals surface area contributed by atoms with E-state index < -0.39 is 0 Å². The lowest BCUT2D eigenvalue weighted by Crippen LogP contribution is -2.15. The van der Waals surface area contributed by atoms with Crippen molar-refractivity contribution in [3.63, 3.8) is 0 Å². The number of halogens is 1. The molecular formula is C20H17FN2O3S. The van der Waals surface area contributed by atoms with Crippen LogP contribution in [0.15, 0.2) is 66.0 Å². The van der Waals surface area contributed by atoms with Gasteiger partial charge in [0.1, 0.15) is 11.6 Å². The van der Waals surface area contributed by atoms with Crippen molar-refractivity contribution in [3.05, 3.63) is 76.7 Å². The number of nitrogens with one attached hydrogen (secondary N) is 2. The monoisotopic (exact) mass is 384 g/mol. The number of hydrogen-bond acceptors (Lipinski definition) is 4. The van der Waals surface area contributed by atoms with Crippen LogP contribution in [0.3, 0.4) is 0 Å². The zero-order valence-electron chi connectivity index (χ0n) is 14.3. The fourth-order valence-electron chi connectivity index (χ4n) is 2.29. The maximum absolute atomic E-state index is 12.8. The largest absolute Gasteiger partial charge is 0.493 e. The van der Waals surface area contributed by atoms with Gasteiger partial charge in [-0.1, -0.05) is 12.1 Å². The molecule has 2 N–H and O–H groups in total. The Morgan fingerprint density at radius 3 is 2.41 bits per heavy atom. The third-order valence-electron chi connectivity index (χ3n) is 3.56. The second kappa shape index (κ2) is 8.95. The Kier molecular flexibility index (Phi) is 6.17. The Morgan fingerprint density at radius 2 is 1.70 bits per heavy atom. The summed E-state index contributed by atoms with van der Waals surface area (Å²) in [5.41, 5.74) is 1.17. The van der Waals surface area contributed by atoms with Crippen LogP contribution in [0.1, 0.15) is 16.1 Å². The van der Waals surface area contributed by atoms with Crippen LogP contribution < -0.4 is 15.4 Å². The van der Waals surface area contributed by atoms with E-state index in [4.69, 9.17) is 4.74 Å². The molecule has 7 heteroatoms. The quantitative estimate of drug-likeness (QED) is 0.628. The summed E-state index contributed by atoms with van der Waals surface area (Å²) < 4.78 is 18.2. The van der Waals surface area contributed by atoms with Crippen LogP contribution in [0.2, 0.25) is 0 Å². The van der Waals surface area contributed by atoms with Crippen LogP contribution in [-0.4, -0.2) is 18.4 Å². The van der Waals surface area contributed by atoms with Gasteiger partial charge in [0.25, 0.3) is 5.91 Å². The first-order valence-electron chi connectivity index (χ1n) is 8.23. The van der Waals surface area contributed by atoms with Gasteiger partial charge in [-0.05, 0) is 53.9 Å². The molecule has 0 radical (unpaired) electrons. The van der Waals surface area contributed by atoms with E-state index >= 15 is 0 Å². The van der Waals surface area contributed by atoms with Crippen LogP contribution >= 0.6 is 11.3 Å². The number of carbonyl (C=O) groups excluding carboxylic acids is 2. The van der Waals surface area contributed by atoms with Gasteiger partial charge in [-0.3, -0.25) is 9.59 Å². The highest BCUT2D eigenvalue weighted by Gasteiger charge is 2.08. The molecule has 2 aromatic carbocycles. The summed E-state index contributed by atoms with van der Waals surface area (Å²) in [4.78, 5) is 24.7. The minimum atomic E-state index is -0.342. The maximum Gasteiger partial charge on any atom is 0.265 e. The van der Waals surface area contributed by atoms with Gasteiger partial charge in [-0.25, -0.2) is 4.39 Å². The fourth-order valence-corrected chi connectivity index (χ4v) is 2.91. The highest BCUT2D eigenvalue weighted by molar-refractivity contribution is 7.12. The molecule has 0 spiro atoms. The molecule has 3 aromatic rings. The molecule has 0 aliphatic carbocycles. The van der Waals surface area contributed by atoms with Crippen LogP contribution in [-0.2, 0) is 4.79 Å². The number of carbonyl (C=O) groups is 2. The zero-order chi connectivity index (χ0) is 19.1. The van der Waals surface area contributed by atoms with Crippen molar-refractivity contribution in [3.8, 4) is 5.75 Å². The molecule has 0 aliphatic rings. The van der Waals surface area contributed by atoms with E-state index in [1.165, 1.54) is 35.6 Å². The zero-order valence-corrected chi connectivity index (χ0v) is 15.1. The lowest BCUT2D eigenvalue weighted by atomic mass is 10.2. The standard InChI is InChI=1S/C20H17FN2O3S/c21-14-6-8-17(9-7-14)26-11-10-19(24)22-15-3-1-4-16(13-15)23-20(25)18-5-2-12-27-18/h1-9,12-13H,10-11H2,(H,22,24)(H,23,25). The molecule has 0 saturated heterocycles. The topological polar surface area (TPSA) is 67.4 Å². The van der Waals surface area contributed by atoms with Crippen LogP contribution in [0.25, 0.3) is 0 Å². The van der Waals surface area contributed by atoms with Gasteiger partial charge in [0.2, 0.25) is 5.91 Å². The van der Waals surface area contributed by atoms with E-state index in [1.807, 2.05) is 11.4 Å². The second-order valence-corrected chi connectivity index (χ2v) is 6.56. The molecule has 0 atom stereocenters. The highest BCUT2D eigenvalue weighted by Crippen LogP contribution is 2.18. The Hall–Kier alpha value is -3.19. The summed E-state index contributed by atoms with van der Waals surface area (Å²) in [6.07, 6.45) is 0.142. The van der Waals surface area contributed by atoms with Crippen molar-refractivity contribution in [1.29, 1.82) is 0 Å². The average Bonchev–Trinajstić information content (AvgIpc) is 3.18. The van der Waals surface area contributed by atoms with E-state index in [1.54, 1.807) is 30.3 Å². The van der Waals surface area contributed by atoms with Crippen molar-refractivity contribution >= 4 is 34.5 Å². The van der Waals surface area contributed by atoms with Crippen molar-refractivity contribution in [1.82, 2.24) is 0 Å². The van der Waals surface area contributed by atoms with E-state index in [9.17, 15) is 14.0 Å². The van der Waals surface area contributed by atoms with Crippen molar-refractivity contribution in [2.45, 2.75) is 6.42 Å². The molecule has 0 aliphatic heterocycles. The predicted octanol–water partition coefficient (Wildman–Crippen LogP) is 4.55. The molecule has 0 saturated carbocycles. The fraction of sp³-hybridized carbons (Fsp3) is 0.100. The molecule has 5 nitrogen and oxygen atoms in total.